The predicted octanol–water partition coefficient (Wildman–Crippen LogP) is 6.13. The summed E-state index contributed by atoms with van der Waals surface area (Å²) in [7, 11) is -1.32. The molecule has 0 aliphatic carbocycles. The van der Waals surface area contributed by atoms with Gasteiger partial charge in [0.15, 0.2) is 0 Å². The van der Waals surface area contributed by atoms with Gasteiger partial charge in [0, 0.05) is 28.9 Å². The van der Waals surface area contributed by atoms with E-state index in [4.69, 9.17) is 4.98 Å². The van der Waals surface area contributed by atoms with Gasteiger partial charge < -0.3 is 0 Å². The minimum Gasteiger partial charge on any atom is -0.264 e. The van der Waals surface area contributed by atoms with Crippen molar-refractivity contribution in [2.24, 2.45) is 0 Å². The molecule has 0 amide bonds. The lowest BCUT2D eigenvalue weighted by Gasteiger charge is -2.17. The molecule has 2 aromatic heterocycles. The van der Waals surface area contributed by atoms with E-state index in [1.807, 2.05) is 18.5 Å². The molecule has 2 aromatic carbocycles. The van der Waals surface area contributed by atoms with Crippen LogP contribution in [0.3, 0.4) is 0 Å². The summed E-state index contributed by atoms with van der Waals surface area (Å²) in [6.07, 6.45) is 3.75. The number of aryl methyl sites for hydroxylation is 1. The molecular formula is C25H26N2Si. The Kier molecular flexibility index (Phi) is 4.64. The summed E-state index contributed by atoms with van der Waals surface area (Å²) in [6, 6.07) is 19.6. The van der Waals surface area contributed by atoms with E-state index in [-0.39, 0.29) is 0 Å². The summed E-state index contributed by atoms with van der Waals surface area (Å²) in [5.74, 6) is 0. The molecule has 0 radical (unpaired) electrons. The van der Waals surface area contributed by atoms with Crippen molar-refractivity contribution in [3.63, 3.8) is 0 Å². The van der Waals surface area contributed by atoms with Gasteiger partial charge in [0.05, 0.1) is 19.3 Å². The Morgan fingerprint density at radius 1 is 0.857 bits per heavy atom. The number of benzene rings is 2. The average molecular weight is 383 g/mol. The van der Waals surface area contributed by atoms with E-state index in [9.17, 15) is 0 Å². The Balaban J connectivity index is 1.84. The molecule has 4 aromatic rings. The summed E-state index contributed by atoms with van der Waals surface area (Å²) < 4.78 is 0. The van der Waals surface area contributed by atoms with Gasteiger partial charge in [0.25, 0.3) is 0 Å². The van der Waals surface area contributed by atoms with Gasteiger partial charge in [0.2, 0.25) is 0 Å². The molecule has 0 fully saturated rings. The van der Waals surface area contributed by atoms with E-state index in [0.717, 1.165) is 16.8 Å². The summed E-state index contributed by atoms with van der Waals surface area (Å²) in [6.45, 7) is 11.5. The molecule has 3 heteroatoms. The van der Waals surface area contributed by atoms with Crippen LogP contribution >= 0.6 is 0 Å². The van der Waals surface area contributed by atoms with E-state index < -0.39 is 8.07 Å². The van der Waals surface area contributed by atoms with Crippen LogP contribution in [0.15, 0.2) is 67.0 Å². The molecule has 2 nitrogen and oxygen atoms in total. The van der Waals surface area contributed by atoms with Gasteiger partial charge in [0.1, 0.15) is 0 Å². The van der Waals surface area contributed by atoms with Gasteiger partial charge in [-0.15, -0.1) is 0 Å². The van der Waals surface area contributed by atoms with Crippen LogP contribution in [0, 0.1) is 13.8 Å². The summed E-state index contributed by atoms with van der Waals surface area (Å²) in [5, 5.41) is 2.70. The van der Waals surface area contributed by atoms with Gasteiger partial charge >= 0.3 is 0 Å². The Morgan fingerprint density at radius 3 is 2.39 bits per heavy atom. The van der Waals surface area contributed by atoms with Crippen molar-refractivity contribution in [3.8, 4) is 22.4 Å². The molecule has 140 valence electrons. The number of fused-ring (bicyclic) bond motifs is 1. The first-order valence-corrected chi connectivity index (χ1v) is 13.3. The standard InChI is InChI=1S/C25H26N2Si/c1-17-8-11-22(18(2)25(17)20-7-6-14-26-16-20)24-12-9-19-15-21(28(3,4)5)10-13-23(19)27-24/h6-16H,1-5H3. The highest BCUT2D eigenvalue weighted by atomic mass is 28.3. The van der Waals surface area contributed by atoms with Crippen LogP contribution in [-0.4, -0.2) is 18.0 Å². The van der Waals surface area contributed by atoms with Crippen LogP contribution in [0.4, 0.5) is 0 Å². The van der Waals surface area contributed by atoms with E-state index >= 15 is 0 Å². The zero-order valence-electron chi connectivity index (χ0n) is 17.2. The maximum atomic E-state index is 4.99. The molecule has 0 atom stereocenters. The van der Waals surface area contributed by atoms with Crippen molar-refractivity contribution in [1.82, 2.24) is 9.97 Å². The lowest BCUT2D eigenvalue weighted by Crippen LogP contribution is -2.37. The fourth-order valence-corrected chi connectivity index (χ4v) is 4.99. The molecule has 0 saturated carbocycles. The SMILES string of the molecule is Cc1ccc(-c2ccc3cc([Si](C)(C)C)ccc3n2)c(C)c1-c1cccnc1. The Bertz CT molecular complexity index is 1160. The van der Waals surface area contributed by atoms with Gasteiger partial charge in [-0.1, -0.05) is 61.2 Å². The molecule has 2 heterocycles. The number of nitrogens with zero attached hydrogens (tertiary/aromatic N) is 2. The molecule has 0 bridgehead atoms. The van der Waals surface area contributed by atoms with Gasteiger partial charge in [-0.05, 0) is 48.7 Å². The first kappa shape index (κ1) is 18.6. The summed E-state index contributed by atoms with van der Waals surface area (Å²) in [5.41, 5.74) is 8.17. The summed E-state index contributed by atoms with van der Waals surface area (Å²) >= 11 is 0. The topological polar surface area (TPSA) is 25.8 Å². The van der Waals surface area contributed by atoms with Gasteiger partial charge in [-0.25, -0.2) is 4.98 Å². The monoisotopic (exact) mass is 382 g/mol. The average Bonchev–Trinajstić information content (AvgIpc) is 2.67. The molecule has 0 spiro atoms. The minimum atomic E-state index is -1.32. The molecule has 0 aliphatic heterocycles. The zero-order chi connectivity index (χ0) is 19.9. The second kappa shape index (κ2) is 6.99. The van der Waals surface area contributed by atoms with E-state index in [1.54, 1.807) is 0 Å². The molecule has 28 heavy (non-hydrogen) atoms. The summed E-state index contributed by atoms with van der Waals surface area (Å²) in [4.78, 5) is 9.30. The maximum Gasteiger partial charge on any atom is 0.0776 e. The highest BCUT2D eigenvalue weighted by molar-refractivity contribution is 6.88. The van der Waals surface area contributed by atoms with Crippen LogP contribution in [-0.2, 0) is 0 Å². The molecule has 0 N–H and O–H groups in total. The smallest absolute Gasteiger partial charge is 0.0776 e. The quantitative estimate of drug-likeness (QED) is 0.399. The van der Waals surface area contributed by atoms with Crippen LogP contribution < -0.4 is 5.19 Å². The highest BCUT2D eigenvalue weighted by Gasteiger charge is 2.17. The largest absolute Gasteiger partial charge is 0.264 e. The van der Waals surface area contributed by atoms with Crippen molar-refractivity contribution < 1.29 is 0 Å². The van der Waals surface area contributed by atoms with Crippen molar-refractivity contribution in [3.05, 3.63) is 78.1 Å². The van der Waals surface area contributed by atoms with Gasteiger partial charge in [-0.2, -0.15) is 0 Å². The van der Waals surface area contributed by atoms with Gasteiger partial charge in [-0.3, -0.25) is 4.98 Å². The Hall–Kier alpha value is -2.78. The van der Waals surface area contributed by atoms with E-state index in [2.05, 4.69) is 87.0 Å². The van der Waals surface area contributed by atoms with E-state index in [0.29, 0.717) is 0 Å². The normalized spacial score (nSPS) is 11.8. The third-order valence-electron chi connectivity index (χ3n) is 5.45. The third-order valence-corrected chi connectivity index (χ3v) is 7.50. The Labute approximate surface area is 168 Å². The fraction of sp³-hybridized carbons (Fsp3) is 0.200. The molecule has 0 aliphatic rings. The van der Waals surface area contributed by atoms with Crippen molar-refractivity contribution in [2.45, 2.75) is 33.5 Å². The Morgan fingerprint density at radius 2 is 1.68 bits per heavy atom. The maximum absolute atomic E-state index is 4.99. The zero-order valence-corrected chi connectivity index (χ0v) is 18.2. The fourth-order valence-electron chi connectivity index (χ4n) is 3.82. The lowest BCUT2D eigenvalue weighted by molar-refractivity contribution is 1.29. The third kappa shape index (κ3) is 3.38. The van der Waals surface area contributed by atoms with Crippen molar-refractivity contribution in [1.29, 1.82) is 0 Å². The predicted molar refractivity (Wildman–Crippen MR) is 123 cm³/mol. The number of pyridine rings is 2. The van der Waals surface area contributed by atoms with Crippen molar-refractivity contribution >= 4 is 24.2 Å². The molecule has 0 unspecified atom stereocenters. The number of hydrogen-bond donors (Lipinski definition) is 0. The van der Waals surface area contributed by atoms with Crippen LogP contribution in [0.5, 0.6) is 0 Å². The number of aromatic nitrogens is 2. The van der Waals surface area contributed by atoms with Crippen LogP contribution in [0.25, 0.3) is 33.3 Å². The van der Waals surface area contributed by atoms with Crippen LogP contribution in [0.2, 0.25) is 19.6 Å². The molecule has 0 saturated heterocycles. The molecular weight excluding hydrogens is 356 g/mol. The minimum absolute atomic E-state index is 1.02. The first-order valence-electron chi connectivity index (χ1n) is 9.77. The van der Waals surface area contributed by atoms with Crippen LogP contribution in [0.1, 0.15) is 11.1 Å². The van der Waals surface area contributed by atoms with E-state index in [1.165, 1.54) is 32.8 Å². The second-order valence-corrected chi connectivity index (χ2v) is 13.6. The molecule has 4 rings (SSSR count). The first-order chi connectivity index (χ1) is 13.3. The highest BCUT2D eigenvalue weighted by Crippen LogP contribution is 2.34. The number of rotatable bonds is 3. The second-order valence-electron chi connectivity index (χ2n) is 8.53. The lowest BCUT2D eigenvalue weighted by atomic mass is 9.91. The van der Waals surface area contributed by atoms with Crippen molar-refractivity contribution in [2.75, 3.05) is 0 Å². The number of hydrogen-bond acceptors (Lipinski definition) is 2.